The zero-order valence-corrected chi connectivity index (χ0v) is 14.4. The minimum atomic E-state index is -0.440. The summed E-state index contributed by atoms with van der Waals surface area (Å²) in [4.78, 5) is 16.8. The van der Waals surface area contributed by atoms with E-state index in [1.165, 1.54) is 0 Å². The van der Waals surface area contributed by atoms with Gasteiger partial charge in [-0.2, -0.15) is 0 Å². The first kappa shape index (κ1) is 16.2. The van der Waals surface area contributed by atoms with Crippen molar-refractivity contribution in [3.8, 4) is 0 Å². The normalized spacial score (nSPS) is 19.4. The van der Waals surface area contributed by atoms with Crippen molar-refractivity contribution in [3.63, 3.8) is 0 Å². The zero-order chi connectivity index (χ0) is 16.8. The van der Waals surface area contributed by atoms with E-state index in [1.807, 2.05) is 52.8 Å². The number of benzene rings is 1. The summed E-state index contributed by atoms with van der Waals surface area (Å²) in [5.41, 5.74) is 0.790. The molecule has 122 valence electrons. The summed E-state index contributed by atoms with van der Waals surface area (Å²) < 4.78 is 13.8. The van der Waals surface area contributed by atoms with Crippen LogP contribution in [0.5, 0.6) is 0 Å². The van der Waals surface area contributed by atoms with Gasteiger partial charge in [-0.05, 0) is 51.7 Å². The number of fused-ring (bicyclic) bond motifs is 1. The Labute approximate surface area is 136 Å². The van der Waals surface area contributed by atoms with Gasteiger partial charge in [0.2, 0.25) is 0 Å². The van der Waals surface area contributed by atoms with Gasteiger partial charge in [-0.3, -0.25) is 9.36 Å². The molecule has 0 N–H and O–H groups in total. The predicted molar refractivity (Wildman–Crippen MR) is 92.0 cm³/mol. The fourth-order valence-corrected chi connectivity index (χ4v) is 2.70. The fraction of sp³-hybridized carbons (Fsp3) is 0.529. The average molecular weight is 314 g/mol. The lowest BCUT2D eigenvalue weighted by atomic mass is 9.79. The maximum Gasteiger partial charge on any atom is 0.494 e. The van der Waals surface area contributed by atoms with Crippen LogP contribution in [0.1, 0.15) is 41.0 Å². The first-order chi connectivity index (χ1) is 10.7. The lowest BCUT2D eigenvalue weighted by molar-refractivity contribution is 0.00578. The summed E-state index contributed by atoms with van der Waals surface area (Å²) in [5.74, 6) is 0. The van der Waals surface area contributed by atoms with Crippen molar-refractivity contribution in [2.24, 2.45) is 0 Å². The Bertz CT molecular complexity index is 782. The van der Waals surface area contributed by atoms with Crippen molar-refractivity contribution in [1.82, 2.24) is 9.55 Å². The van der Waals surface area contributed by atoms with Crippen molar-refractivity contribution in [2.75, 3.05) is 0 Å². The highest BCUT2D eigenvalue weighted by atomic mass is 16.7. The standard InChI is InChI=1S/C17H23BN2O3/c1-6-9-20-11-19-14-10-12(7-8-13(14)15(20)21)18-22-16(2,3)17(4,5)23-18/h7-8,10-11H,6,9H2,1-5H3. The van der Waals surface area contributed by atoms with E-state index >= 15 is 0 Å². The highest BCUT2D eigenvalue weighted by Gasteiger charge is 2.51. The van der Waals surface area contributed by atoms with Crippen molar-refractivity contribution in [1.29, 1.82) is 0 Å². The Balaban J connectivity index is 1.99. The van der Waals surface area contributed by atoms with Crippen molar-refractivity contribution in [2.45, 2.75) is 58.8 Å². The minimum Gasteiger partial charge on any atom is -0.399 e. The highest BCUT2D eigenvalue weighted by molar-refractivity contribution is 6.62. The number of hydrogen-bond acceptors (Lipinski definition) is 4. The molecule has 2 heterocycles. The molecule has 1 aliphatic heterocycles. The molecule has 0 unspecified atom stereocenters. The second-order valence-electron chi connectivity index (χ2n) is 7.11. The molecule has 2 aromatic rings. The molecule has 1 fully saturated rings. The van der Waals surface area contributed by atoms with Crippen LogP contribution in [-0.2, 0) is 15.9 Å². The van der Waals surface area contributed by atoms with Crippen LogP contribution in [0.15, 0.2) is 29.3 Å². The second kappa shape index (κ2) is 5.46. The molecule has 0 saturated carbocycles. The number of nitrogens with zero attached hydrogens (tertiary/aromatic N) is 2. The van der Waals surface area contributed by atoms with E-state index in [2.05, 4.69) is 4.98 Å². The maximum absolute atomic E-state index is 12.4. The topological polar surface area (TPSA) is 53.4 Å². The van der Waals surface area contributed by atoms with E-state index in [4.69, 9.17) is 9.31 Å². The van der Waals surface area contributed by atoms with Gasteiger partial charge in [0.1, 0.15) is 0 Å². The summed E-state index contributed by atoms with van der Waals surface area (Å²) in [5, 5.41) is 0.626. The first-order valence-electron chi connectivity index (χ1n) is 8.10. The smallest absolute Gasteiger partial charge is 0.399 e. The zero-order valence-electron chi connectivity index (χ0n) is 14.4. The van der Waals surface area contributed by atoms with Crippen LogP contribution in [-0.4, -0.2) is 27.9 Å². The predicted octanol–water partition coefficient (Wildman–Crippen LogP) is 2.11. The number of aromatic nitrogens is 2. The lowest BCUT2D eigenvalue weighted by Crippen LogP contribution is -2.41. The monoisotopic (exact) mass is 314 g/mol. The Hall–Kier alpha value is -1.66. The molecule has 0 aliphatic carbocycles. The molecule has 6 heteroatoms. The van der Waals surface area contributed by atoms with Crippen LogP contribution < -0.4 is 11.0 Å². The quantitative estimate of drug-likeness (QED) is 0.814. The van der Waals surface area contributed by atoms with Gasteiger partial charge in [0.05, 0.1) is 28.4 Å². The molecule has 5 nitrogen and oxygen atoms in total. The van der Waals surface area contributed by atoms with Gasteiger partial charge in [0, 0.05) is 6.54 Å². The van der Waals surface area contributed by atoms with Crippen molar-refractivity contribution >= 4 is 23.5 Å². The second-order valence-corrected chi connectivity index (χ2v) is 7.11. The summed E-state index contributed by atoms with van der Waals surface area (Å²) >= 11 is 0. The van der Waals surface area contributed by atoms with Crippen LogP contribution in [0, 0.1) is 0 Å². The number of rotatable bonds is 3. The minimum absolute atomic E-state index is 0.00248. The summed E-state index contributed by atoms with van der Waals surface area (Å²) in [7, 11) is -0.440. The average Bonchev–Trinajstić information content (AvgIpc) is 2.70. The van der Waals surface area contributed by atoms with Crippen LogP contribution in [0.25, 0.3) is 10.9 Å². The molecule has 1 aliphatic rings. The summed E-state index contributed by atoms with van der Waals surface area (Å²) in [6, 6.07) is 5.59. The largest absolute Gasteiger partial charge is 0.494 e. The van der Waals surface area contributed by atoms with Crippen LogP contribution in [0.2, 0.25) is 0 Å². The van der Waals surface area contributed by atoms with Crippen molar-refractivity contribution in [3.05, 3.63) is 34.9 Å². The molecule has 1 saturated heterocycles. The third kappa shape index (κ3) is 2.70. The van der Waals surface area contributed by atoms with E-state index < -0.39 is 7.12 Å². The van der Waals surface area contributed by atoms with Gasteiger partial charge in [0.25, 0.3) is 5.56 Å². The van der Waals surface area contributed by atoms with E-state index in [9.17, 15) is 4.79 Å². The van der Waals surface area contributed by atoms with E-state index in [-0.39, 0.29) is 16.8 Å². The number of hydrogen-bond donors (Lipinski definition) is 0. The molecule has 0 bridgehead atoms. The van der Waals surface area contributed by atoms with Crippen molar-refractivity contribution < 1.29 is 9.31 Å². The molecule has 0 radical (unpaired) electrons. The van der Waals surface area contributed by atoms with Gasteiger partial charge in [-0.25, -0.2) is 4.98 Å². The molecular weight excluding hydrogens is 291 g/mol. The Morgan fingerprint density at radius 2 is 1.83 bits per heavy atom. The first-order valence-corrected chi connectivity index (χ1v) is 8.10. The molecular formula is C17H23BN2O3. The molecule has 1 aromatic carbocycles. The molecule has 1 aromatic heterocycles. The summed E-state index contributed by atoms with van der Waals surface area (Å²) in [6.45, 7) is 10.8. The van der Waals surface area contributed by atoms with Gasteiger partial charge in [0.15, 0.2) is 0 Å². The van der Waals surface area contributed by atoms with Gasteiger partial charge < -0.3 is 9.31 Å². The molecule has 0 spiro atoms. The molecule has 23 heavy (non-hydrogen) atoms. The highest BCUT2D eigenvalue weighted by Crippen LogP contribution is 2.36. The van der Waals surface area contributed by atoms with Crippen LogP contribution >= 0.6 is 0 Å². The fourth-order valence-electron chi connectivity index (χ4n) is 2.70. The summed E-state index contributed by atoms with van der Waals surface area (Å²) in [6.07, 6.45) is 2.52. The van der Waals surface area contributed by atoms with E-state index in [1.54, 1.807) is 10.9 Å². The third-order valence-electron chi connectivity index (χ3n) is 4.84. The van der Waals surface area contributed by atoms with E-state index in [0.717, 1.165) is 11.9 Å². The lowest BCUT2D eigenvalue weighted by Gasteiger charge is -2.32. The van der Waals surface area contributed by atoms with Crippen LogP contribution in [0.4, 0.5) is 0 Å². The van der Waals surface area contributed by atoms with Crippen LogP contribution in [0.3, 0.4) is 0 Å². The van der Waals surface area contributed by atoms with E-state index in [0.29, 0.717) is 17.4 Å². The Morgan fingerprint density at radius 1 is 1.17 bits per heavy atom. The van der Waals surface area contributed by atoms with Gasteiger partial charge in [-0.1, -0.05) is 13.0 Å². The molecule has 3 rings (SSSR count). The molecule has 0 atom stereocenters. The Kier molecular flexibility index (Phi) is 3.85. The third-order valence-corrected chi connectivity index (χ3v) is 4.84. The van der Waals surface area contributed by atoms with Gasteiger partial charge in [-0.15, -0.1) is 0 Å². The van der Waals surface area contributed by atoms with Gasteiger partial charge >= 0.3 is 7.12 Å². The SMILES string of the molecule is CCCn1cnc2cc(B3OC(C)(C)C(C)(C)O3)ccc2c1=O. The Morgan fingerprint density at radius 3 is 2.43 bits per heavy atom. The number of aryl methyl sites for hydroxylation is 1. The molecule has 0 amide bonds. The maximum atomic E-state index is 12.4.